The Morgan fingerprint density at radius 3 is 2.53 bits per heavy atom. The summed E-state index contributed by atoms with van der Waals surface area (Å²) < 4.78 is 0. The zero-order chi connectivity index (χ0) is 13.1. The summed E-state index contributed by atoms with van der Waals surface area (Å²) in [5, 5.41) is 16.8. The molecule has 0 aromatic heterocycles. The van der Waals surface area contributed by atoms with Crippen LogP contribution in [0, 0.1) is 5.41 Å². The Balaban J connectivity index is 2.92. The summed E-state index contributed by atoms with van der Waals surface area (Å²) in [6.45, 7) is 4.70. The van der Waals surface area contributed by atoms with Gasteiger partial charge in [0.25, 0.3) is 0 Å². The van der Waals surface area contributed by atoms with Crippen molar-refractivity contribution in [3.8, 4) is 0 Å². The zero-order valence-electron chi connectivity index (χ0n) is 10.7. The van der Waals surface area contributed by atoms with Gasteiger partial charge >= 0.3 is 0 Å². The Bertz CT molecular complexity index is 401. The van der Waals surface area contributed by atoms with E-state index in [1.807, 2.05) is 45.2 Å². The number of aliphatic hydroxyl groups excluding tert-OH is 1. The molecule has 4 nitrogen and oxygen atoms in total. The van der Waals surface area contributed by atoms with Crippen molar-refractivity contribution in [3.05, 3.63) is 35.4 Å². The smallest absolute Gasteiger partial charge is 0.123 e. The fourth-order valence-corrected chi connectivity index (χ4v) is 1.51. The summed E-state index contributed by atoms with van der Waals surface area (Å²) in [5.74, 6) is 0.0794. The molecule has 1 rings (SSSR count). The lowest BCUT2D eigenvalue weighted by Crippen LogP contribution is -2.43. The molecule has 0 heterocycles. The molecule has 4 N–H and O–H groups in total. The summed E-state index contributed by atoms with van der Waals surface area (Å²) in [7, 11) is 1.95. The molecule has 0 aliphatic carbocycles. The van der Waals surface area contributed by atoms with Crippen molar-refractivity contribution in [1.82, 2.24) is 4.90 Å². The van der Waals surface area contributed by atoms with E-state index >= 15 is 0 Å². The summed E-state index contributed by atoms with van der Waals surface area (Å²) in [6, 6.07) is 7.61. The van der Waals surface area contributed by atoms with Gasteiger partial charge in [0, 0.05) is 17.6 Å². The van der Waals surface area contributed by atoms with Crippen LogP contribution in [-0.2, 0) is 6.54 Å². The lowest BCUT2D eigenvalue weighted by atomic mass is 10.0. The van der Waals surface area contributed by atoms with Gasteiger partial charge in [0.1, 0.15) is 5.84 Å². The molecule has 0 radical (unpaired) electrons. The van der Waals surface area contributed by atoms with Crippen molar-refractivity contribution >= 4 is 5.84 Å². The highest BCUT2D eigenvalue weighted by Gasteiger charge is 2.23. The maximum atomic E-state index is 9.31. The number of aliphatic hydroxyl groups is 1. The first-order valence-electron chi connectivity index (χ1n) is 5.63. The van der Waals surface area contributed by atoms with Crippen LogP contribution in [0.3, 0.4) is 0 Å². The summed E-state index contributed by atoms with van der Waals surface area (Å²) in [5.41, 5.74) is 7.02. The molecule has 0 spiro atoms. The van der Waals surface area contributed by atoms with Crippen molar-refractivity contribution in [2.75, 3.05) is 13.7 Å². The molecule has 1 aromatic rings. The molecule has 1 aromatic carbocycles. The topological polar surface area (TPSA) is 73.3 Å². The summed E-state index contributed by atoms with van der Waals surface area (Å²) in [4.78, 5) is 2.05. The Kier molecular flexibility index (Phi) is 4.26. The predicted octanol–water partition coefficient (Wildman–Crippen LogP) is 1.17. The standard InChI is InChI=1S/C13H21N3O/c1-13(2,9-17)16(3)8-10-6-4-5-7-11(10)12(14)15/h4-7,17H,8-9H2,1-3H3,(H3,14,15). The molecule has 0 amide bonds. The second-order valence-corrected chi connectivity index (χ2v) is 4.90. The molecule has 0 atom stereocenters. The van der Waals surface area contributed by atoms with Crippen LogP contribution in [-0.4, -0.2) is 35.0 Å². The van der Waals surface area contributed by atoms with Gasteiger partial charge in [-0.15, -0.1) is 0 Å². The van der Waals surface area contributed by atoms with Crippen LogP contribution in [0.2, 0.25) is 0 Å². The van der Waals surface area contributed by atoms with Crippen molar-refractivity contribution in [1.29, 1.82) is 5.41 Å². The first kappa shape index (κ1) is 13.7. The van der Waals surface area contributed by atoms with Gasteiger partial charge in [0.05, 0.1) is 6.61 Å². The van der Waals surface area contributed by atoms with Crippen molar-refractivity contribution in [2.24, 2.45) is 5.73 Å². The van der Waals surface area contributed by atoms with E-state index in [9.17, 15) is 5.11 Å². The van der Waals surface area contributed by atoms with Crippen molar-refractivity contribution < 1.29 is 5.11 Å². The van der Waals surface area contributed by atoms with Crippen LogP contribution in [0.15, 0.2) is 24.3 Å². The number of rotatable bonds is 5. The minimum Gasteiger partial charge on any atom is -0.394 e. The van der Waals surface area contributed by atoms with Gasteiger partial charge in [0.2, 0.25) is 0 Å². The van der Waals surface area contributed by atoms with Crippen LogP contribution >= 0.6 is 0 Å². The van der Waals surface area contributed by atoms with E-state index < -0.39 is 0 Å². The lowest BCUT2D eigenvalue weighted by Gasteiger charge is -2.34. The fraction of sp³-hybridized carbons (Fsp3) is 0.462. The van der Waals surface area contributed by atoms with E-state index in [0.717, 1.165) is 11.1 Å². The maximum absolute atomic E-state index is 9.31. The minimum absolute atomic E-state index is 0.0794. The van der Waals surface area contributed by atoms with Gasteiger partial charge < -0.3 is 10.8 Å². The van der Waals surface area contributed by atoms with E-state index in [-0.39, 0.29) is 18.0 Å². The molecule has 17 heavy (non-hydrogen) atoms. The number of likely N-dealkylation sites (N-methyl/N-ethyl adjacent to an activating group) is 1. The van der Waals surface area contributed by atoms with E-state index in [1.165, 1.54) is 0 Å². The van der Waals surface area contributed by atoms with Crippen molar-refractivity contribution in [3.63, 3.8) is 0 Å². The Labute approximate surface area is 103 Å². The average molecular weight is 235 g/mol. The van der Waals surface area contributed by atoms with Gasteiger partial charge in [-0.05, 0) is 26.5 Å². The predicted molar refractivity (Wildman–Crippen MR) is 70.1 cm³/mol. The number of nitrogens with two attached hydrogens (primary N) is 1. The number of nitrogen functional groups attached to an aromatic ring is 1. The monoisotopic (exact) mass is 235 g/mol. The Morgan fingerprint density at radius 1 is 1.41 bits per heavy atom. The lowest BCUT2D eigenvalue weighted by molar-refractivity contribution is 0.0733. The molecule has 0 unspecified atom stereocenters. The van der Waals surface area contributed by atoms with Gasteiger partial charge in [-0.1, -0.05) is 24.3 Å². The molecular formula is C13H21N3O. The minimum atomic E-state index is -0.288. The molecule has 0 saturated heterocycles. The number of amidine groups is 1. The number of hydrogen-bond acceptors (Lipinski definition) is 3. The number of hydrogen-bond donors (Lipinski definition) is 3. The fourth-order valence-electron chi connectivity index (χ4n) is 1.51. The van der Waals surface area contributed by atoms with Crippen LogP contribution < -0.4 is 5.73 Å². The normalized spacial score (nSPS) is 11.8. The summed E-state index contributed by atoms with van der Waals surface area (Å²) in [6.07, 6.45) is 0. The second kappa shape index (κ2) is 5.29. The highest BCUT2D eigenvalue weighted by atomic mass is 16.3. The first-order valence-corrected chi connectivity index (χ1v) is 5.63. The molecular weight excluding hydrogens is 214 g/mol. The van der Waals surface area contributed by atoms with Crippen molar-refractivity contribution in [2.45, 2.75) is 25.9 Å². The van der Waals surface area contributed by atoms with Crippen LogP contribution in [0.25, 0.3) is 0 Å². The van der Waals surface area contributed by atoms with Gasteiger partial charge in [-0.2, -0.15) is 0 Å². The second-order valence-electron chi connectivity index (χ2n) is 4.90. The molecule has 0 bridgehead atoms. The Hall–Kier alpha value is -1.39. The molecule has 4 heteroatoms. The SMILES string of the molecule is CN(Cc1ccccc1C(=N)N)C(C)(C)CO. The third-order valence-electron chi connectivity index (χ3n) is 3.14. The molecule has 0 aliphatic heterocycles. The quantitative estimate of drug-likeness (QED) is 0.530. The van der Waals surface area contributed by atoms with E-state index in [2.05, 4.69) is 4.90 Å². The van der Waals surface area contributed by atoms with E-state index in [1.54, 1.807) is 0 Å². The Morgan fingerprint density at radius 2 is 2.00 bits per heavy atom. The molecule has 0 fully saturated rings. The highest BCUT2D eigenvalue weighted by Crippen LogP contribution is 2.17. The first-order chi connectivity index (χ1) is 7.88. The van der Waals surface area contributed by atoms with E-state index in [0.29, 0.717) is 6.54 Å². The highest BCUT2D eigenvalue weighted by molar-refractivity contribution is 5.96. The number of nitrogens with one attached hydrogen (secondary N) is 1. The average Bonchev–Trinajstić information content (AvgIpc) is 2.29. The van der Waals surface area contributed by atoms with Crippen LogP contribution in [0.5, 0.6) is 0 Å². The van der Waals surface area contributed by atoms with Gasteiger partial charge in [-0.3, -0.25) is 10.3 Å². The molecule has 0 aliphatic rings. The summed E-state index contributed by atoms with van der Waals surface area (Å²) >= 11 is 0. The third-order valence-corrected chi connectivity index (χ3v) is 3.14. The molecule has 94 valence electrons. The van der Waals surface area contributed by atoms with Crippen LogP contribution in [0.1, 0.15) is 25.0 Å². The number of nitrogens with zero attached hydrogens (tertiary/aromatic N) is 1. The van der Waals surface area contributed by atoms with Crippen LogP contribution in [0.4, 0.5) is 0 Å². The maximum Gasteiger partial charge on any atom is 0.123 e. The number of benzene rings is 1. The molecule has 0 saturated carbocycles. The largest absolute Gasteiger partial charge is 0.394 e. The van der Waals surface area contributed by atoms with E-state index in [4.69, 9.17) is 11.1 Å². The van der Waals surface area contributed by atoms with Gasteiger partial charge in [0.15, 0.2) is 0 Å². The third kappa shape index (κ3) is 3.28. The zero-order valence-corrected chi connectivity index (χ0v) is 10.7. The van der Waals surface area contributed by atoms with Gasteiger partial charge in [-0.25, -0.2) is 0 Å².